The van der Waals surface area contributed by atoms with Crippen molar-refractivity contribution in [1.82, 2.24) is 9.97 Å². The molecule has 0 aliphatic carbocycles. The molecule has 5 nitrogen and oxygen atoms in total. The molecule has 1 aliphatic rings. The molecule has 0 fully saturated rings. The van der Waals surface area contributed by atoms with Crippen molar-refractivity contribution in [3.63, 3.8) is 0 Å². The van der Waals surface area contributed by atoms with Crippen molar-refractivity contribution in [2.24, 2.45) is 0 Å². The Balaban J connectivity index is 1.57. The van der Waals surface area contributed by atoms with Crippen molar-refractivity contribution < 1.29 is 13.9 Å². The molecule has 2 aromatic heterocycles. The summed E-state index contributed by atoms with van der Waals surface area (Å²) in [6.07, 6.45) is 1.56. The second kappa shape index (κ2) is 6.21. The summed E-state index contributed by atoms with van der Waals surface area (Å²) in [5.41, 5.74) is 2.75. The number of rotatable bonds is 3. The third-order valence-corrected chi connectivity index (χ3v) is 5.65. The Morgan fingerprint density at radius 3 is 2.67 bits per heavy atom. The average Bonchev–Trinajstić information content (AvgIpc) is 3.33. The molecule has 0 saturated heterocycles. The average molecular weight is 379 g/mol. The number of ether oxygens (including phenoxy) is 2. The summed E-state index contributed by atoms with van der Waals surface area (Å²) in [5, 5.41) is 0. The van der Waals surface area contributed by atoms with Crippen LogP contribution >= 0.6 is 11.3 Å². The third-order valence-electron chi connectivity index (χ3n) is 4.48. The molecule has 0 spiro atoms. The van der Waals surface area contributed by atoms with Crippen LogP contribution in [0.25, 0.3) is 20.7 Å². The maximum Gasteiger partial charge on any atom is 0.231 e. The van der Waals surface area contributed by atoms with E-state index < -0.39 is 0 Å². The summed E-state index contributed by atoms with van der Waals surface area (Å²) in [5.74, 6) is 2.03. The topological polar surface area (TPSA) is 47.5 Å². The van der Waals surface area contributed by atoms with Crippen LogP contribution in [-0.4, -0.2) is 23.8 Å². The van der Waals surface area contributed by atoms with Gasteiger partial charge < -0.3 is 14.4 Å². The fourth-order valence-corrected chi connectivity index (χ4v) is 4.19. The maximum absolute atomic E-state index is 13.2. The SMILES string of the molecule is CN(c1ccc2c(c1)OCO2)c1ncnc2cc(-c3ccc(F)cc3)sc12. The van der Waals surface area contributed by atoms with E-state index in [1.807, 2.05) is 36.2 Å². The Bertz CT molecular complexity index is 1140. The van der Waals surface area contributed by atoms with Crippen LogP contribution in [0.3, 0.4) is 0 Å². The van der Waals surface area contributed by atoms with Crippen LogP contribution in [0.4, 0.5) is 15.9 Å². The van der Waals surface area contributed by atoms with E-state index in [9.17, 15) is 4.39 Å². The van der Waals surface area contributed by atoms with Gasteiger partial charge in [0.2, 0.25) is 6.79 Å². The van der Waals surface area contributed by atoms with Gasteiger partial charge in [-0.05, 0) is 35.9 Å². The molecule has 3 heterocycles. The number of benzene rings is 2. The third kappa shape index (κ3) is 2.76. The van der Waals surface area contributed by atoms with Crippen LogP contribution in [0.1, 0.15) is 0 Å². The Hall–Kier alpha value is -3.19. The summed E-state index contributed by atoms with van der Waals surface area (Å²) in [6.45, 7) is 0.242. The standard InChI is InChI=1S/C20H14FN3O2S/c1-24(14-6-7-16-17(8-14)26-11-25-16)20-19-15(22-10-23-20)9-18(27-19)12-2-4-13(21)5-3-12/h2-10H,11H2,1H3. The first-order valence-electron chi connectivity index (χ1n) is 8.33. The van der Waals surface area contributed by atoms with Gasteiger partial charge in [-0.1, -0.05) is 12.1 Å². The molecule has 1 aliphatic heterocycles. The predicted molar refractivity (Wildman–Crippen MR) is 103 cm³/mol. The number of anilines is 2. The molecule has 7 heteroatoms. The lowest BCUT2D eigenvalue weighted by Crippen LogP contribution is -2.11. The summed E-state index contributed by atoms with van der Waals surface area (Å²) in [4.78, 5) is 11.9. The van der Waals surface area contributed by atoms with Gasteiger partial charge in [0.1, 0.15) is 12.1 Å². The fraction of sp³-hybridized carbons (Fsp3) is 0.100. The highest BCUT2D eigenvalue weighted by molar-refractivity contribution is 7.22. The molecule has 2 aromatic carbocycles. The van der Waals surface area contributed by atoms with Gasteiger partial charge in [0.05, 0.1) is 10.2 Å². The van der Waals surface area contributed by atoms with Crippen molar-refractivity contribution in [1.29, 1.82) is 0 Å². The smallest absolute Gasteiger partial charge is 0.231 e. The number of thiophene rings is 1. The Morgan fingerprint density at radius 1 is 1.00 bits per heavy atom. The number of halogens is 1. The first-order valence-corrected chi connectivity index (χ1v) is 9.14. The van der Waals surface area contributed by atoms with Crippen LogP contribution in [0.2, 0.25) is 0 Å². The predicted octanol–water partition coefficient (Wildman–Crippen LogP) is 4.99. The van der Waals surface area contributed by atoms with Crippen molar-refractivity contribution in [3.05, 3.63) is 60.7 Å². The molecule has 0 saturated carbocycles. The first kappa shape index (κ1) is 16.0. The Kier molecular flexibility index (Phi) is 3.68. The molecular formula is C20H14FN3O2S. The summed E-state index contributed by atoms with van der Waals surface area (Å²) in [6, 6.07) is 14.3. The summed E-state index contributed by atoms with van der Waals surface area (Å²) >= 11 is 1.59. The van der Waals surface area contributed by atoms with Crippen molar-refractivity contribution in [3.8, 4) is 21.9 Å². The van der Waals surface area contributed by atoms with Crippen LogP contribution in [-0.2, 0) is 0 Å². The highest BCUT2D eigenvalue weighted by atomic mass is 32.1. The van der Waals surface area contributed by atoms with Gasteiger partial charge in [0, 0.05) is 23.7 Å². The molecule has 27 heavy (non-hydrogen) atoms. The van der Waals surface area contributed by atoms with Gasteiger partial charge in [0.25, 0.3) is 0 Å². The minimum absolute atomic E-state index is 0.242. The van der Waals surface area contributed by atoms with Crippen LogP contribution < -0.4 is 14.4 Å². The van der Waals surface area contributed by atoms with Crippen LogP contribution in [0.5, 0.6) is 11.5 Å². The van der Waals surface area contributed by atoms with Gasteiger partial charge in [0.15, 0.2) is 17.3 Å². The van der Waals surface area contributed by atoms with Gasteiger partial charge in [-0.15, -0.1) is 11.3 Å². The molecule has 134 valence electrons. The second-order valence-electron chi connectivity index (χ2n) is 6.13. The van der Waals surface area contributed by atoms with Gasteiger partial charge >= 0.3 is 0 Å². The Labute approximate surface area is 158 Å². The molecule has 4 aromatic rings. The lowest BCUT2D eigenvalue weighted by Gasteiger charge is -2.19. The lowest BCUT2D eigenvalue weighted by molar-refractivity contribution is 0.174. The highest BCUT2D eigenvalue weighted by Gasteiger charge is 2.18. The maximum atomic E-state index is 13.2. The van der Waals surface area contributed by atoms with Gasteiger partial charge in [-0.2, -0.15) is 0 Å². The van der Waals surface area contributed by atoms with E-state index in [-0.39, 0.29) is 12.6 Å². The van der Waals surface area contributed by atoms with Crippen LogP contribution in [0.15, 0.2) is 54.9 Å². The van der Waals surface area contributed by atoms with E-state index in [0.29, 0.717) is 0 Å². The van der Waals surface area contributed by atoms with Gasteiger partial charge in [-0.3, -0.25) is 0 Å². The molecule has 5 rings (SSSR count). The van der Waals surface area contributed by atoms with Gasteiger partial charge in [-0.25, -0.2) is 14.4 Å². The number of hydrogen-bond donors (Lipinski definition) is 0. The van der Waals surface area contributed by atoms with Crippen molar-refractivity contribution >= 4 is 33.1 Å². The zero-order chi connectivity index (χ0) is 18.4. The lowest BCUT2D eigenvalue weighted by atomic mass is 10.2. The van der Waals surface area contributed by atoms with E-state index in [1.54, 1.807) is 29.8 Å². The normalized spacial score (nSPS) is 12.5. The Morgan fingerprint density at radius 2 is 1.81 bits per heavy atom. The minimum atomic E-state index is -0.247. The quantitative estimate of drug-likeness (QED) is 0.502. The molecule has 0 unspecified atom stereocenters. The molecular weight excluding hydrogens is 365 g/mol. The second-order valence-corrected chi connectivity index (χ2v) is 7.18. The largest absolute Gasteiger partial charge is 0.454 e. The first-order chi connectivity index (χ1) is 13.2. The van der Waals surface area contributed by atoms with Crippen molar-refractivity contribution in [2.75, 3.05) is 18.7 Å². The number of hydrogen-bond acceptors (Lipinski definition) is 6. The molecule has 0 bridgehead atoms. The van der Waals surface area contributed by atoms with E-state index >= 15 is 0 Å². The van der Waals surface area contributed by atoms with E-state index in [0.717, 1.165) is 43.7 Å². The zero-order valence-corrected chi connectivity index (χ0v) is 15.2. The molecule has 0 N–H and O–H groups in total. The number of nitrogens with zero attached hydrogens (tertiary/aromatic N) is 3. The van der Waals surface area contributed by atoms with E-state index in [1.165, 1.54) is 12.1 Å². The number of fused-ring (bicyclic) bond motifs is 2. The zero-order valence-electron chi connectivity index (χ0n) is 14.3. The molecule has 0 atom stereocenters. The molecule has 0 amide bonds. The minimum Gasteiger partial charge on any atom is -0.454 e. The monoisotopic (exact) mass is 379 g/mol. The van der Waals surface area contributed by atoms with E-state index in [4.69, 9.17) is 9.47 Å². The van der Waals surface area contributed by atoms with Crippen molar-refractivity contribution in [2.45, 2.75) is 0 Å². The van der Waals surface area contributed by atoms with E-state index in [2.05, 4.69) is 9.97 Å². The molecule has 0 radical (unpaired) electrons. The summed E-state index contributed by atoms with van der Waals surface area (Å²) in [7, 11) is 1.95. The summed E-state index contributed by atoms with van der Waals surface area (Å²) < 4.78 is 25.0. The number of aromatic nitrogens is 2. The fourth-order valence-electron chi connectivity index (χ4n) is 3.05. The van der Waals surface area contributed by atoms with Crippen LogP contribution in [0, 0.1) is 5.82 Å². The highest BCUT2D eigenvalue weighted by Crippen LogP contribution is 2.40.